The second-order valence-corrected chi connectivity index (χ2v) is 7.42. The number of hydrogen-bond acceptors (Lipinski definition) is 3. The molecule has 0 unspecified atom stereocenters. The zero-order valence-electron chi connectivity index (χ0n) is 12.4. The van der Waals surface area contributed by atoms with E-state index in [1.54, 1.807) is 12.1 Å². The van der Waals surface area contributed by atoms with Crippen LogP contribution >= 0.6 is 11.6 Å². The van der Waals surface area contributed by atoms with Crippen LogP contribution in [0.3, 0.4) is 0 Å². The summed E-state index contributed by atoms with van der Waals surface area (Å²) in [5, 5.41) is 2.57. The number of carbonyl (C=O) groups excluding carboxylic acids is 1. The number of rotatable bonds is 3. The van der Waals surface area contributed by atoms with Crippen LogP contribution in [0.5, 0.6) is 0 Å². The molecule has 1 N–H and O–H groups in total. The summed E-state index contributed by atoms with van der Waals surface area (Å²) in [6.45, 7) is 0.363. The molecule has 23 heavy (non-hydrogen) atoms. The Bertz CT molecular complexity index is 881. The first kappa shape index (κ1) is 15.8. The minimum atomic E-state index is -3.83. The maximum absolute atomic E-state index is 13.0. The summed E-state index contributed by atoms with van der Waals surface area (Å²) in [7, 11) is -2.34. The van der Waals surface area contributed by atoms with Crippen molar-refractivity contribution >= 4 is 33.2 Å². The van der Waals surface area contributed by atoms with Crippen molar-refractivity contribution in [3.63, 3.8) is 0 Å². The van der Waals surface area contributed by atoms with Crippen LogP contribution in [-0.2, 0) is 16.4 Å². The molecule has 1 aliphatic rings. The lowest BCUT2D eigenvalue weighted by atomic mass is 10.2. The van der Waals surface area contributed by atoms with Crippen molar-refractivity contribution in [2.24, 2.45) is 0 Å². The van der Waals surface area contributed by atoms with Gasteiger partial charge in [0.25, 0.3) is 15.9 Å². The van der Waals surface area contributed by atoms with Crippen LogP contribution in [0.25, 0.3) is 0 Å². The van der Waals surface area contributed by atoms with Crippen molar-refractivity contribution in [1.82, 2.24) is 5.32 Å². The van der Waals surface area contributed by atoms with Crippen LogP contribution in [0, 0.1) is 0 Å². The molecule has 120 valence electrons. The largest absolute Gasteiger partial charge is 0.355 e. The molecule has 0 spiro atoms. The van der Waals surface area contributed by atoms with Crippen molar-refractivity contribution in [3.8, 4) is 0 Å². The van der Waals surface area contributed by atoms with E-state index >= 15 is 0 Å². The highest BCUT2D eigenvalue weighted by Gasteiger charge is 2.32. The number of nitrogens with zero attached hydrogens (tertiary/aromatic N) is 1. The average Bonchev–Trinajstić information content (AvgIpc) is 2.99. The first-order chi connectivity index (χ1) is 10.9. The van der Waals surface area contributed by atoms with Crippen molar-refractivity contribution < 1.29 is 13.2 Å². The minimum Gasteiger partial charge on any atom is -0.355 e. The molecule has 0 saturated heterocycles. The molecule has 2 aromatic rings. The molecular weight excluding hydrogens is 336 g/mol. The smallest absolute Gasteiger partial charge is 0.265 e. The minimum absolute atomic E-state index is 0.0584. The van der Waals surface area contributed by atoms with Crippen LogP contribution in [-0.4, -0.2) is 27.9 Å². The van der Waals surface area contributed by atoms with Crippen molar-refractivity contribution in [2.45, 2.75) is 11.3 Å². The van der Waals surface area contributed by atoms with Gasteiger partial charge in [-0.3, -0.25) is 9.10 Å². The van der Waals surface area contributed by atoms with E-state index in [0.29, 0.717) is 18.7 Å². The zero-order chi connectivity index (χ0) is 16.6. The highest BCUT2D eigenvalue weighted by atomic mass is 35.5. The summed E-state index contributed by atoms with van der Waals surface area (Å²) < 4.78 is 27.3. The van der Waals surface area contributed by atoms with Crippen LogP contribution in [0.4, 0.5) is 5.69 Å². The predicted octanol–water partition coefficient (Wildman–Crippen LogP) is 2.45. The maximum atomic E-state index is 13.0. The summed E-state index contributed by atoms with van der Waals surface area (Å²) in [6, 6.07) is 11.6. The van der Waals surface area contributed by atoms with Gasteiger partial charge in [0.2, 0.25) is 0 Å². The molecule has 3 rings (SSSR count). The van der Waals surface area contributed by atoms with Gasteiger partial charge in [-0.15, -0.1) is 0 Å². The fourth-order valence-electron chi connectivity index (χ4n) is 2.66. The lowest BCUT2D eigenvalue weighted by molar-refractivity contribution is 0.0963. The topological polar surface area (TPSA) is 66.5 Å². The number of nitrogens with one attached hydrogen (secondary N) is 1. The van der Waals surface area contributed by atoms with Gasteiger partial charge in [0.05, 0.1) is 10.7 Å². The predicted molar refractivity (Wildman–Crippen MR) is 89.5 cm³/mol. The monoisotopic (exact) mass is 350 g/mol. The molecule has 0 bridgehead atoms. The van der Waals surface area contributed by atoms with Gasteiger partial charge in [0.1, 0.15) is 4.90 Å². The van der Waals surface area contributed by atoms with E-state index in [1.807, 2.05) is 12.1 Å². The Morgan fingerprint density at radius 3 is 2.70 bits per heavy atom. The van der Waals surface area contributed by atoms with E-state index in [-0.39, 0.29) is 21.4 Å². The molecule has 0 aromatic heterocycles. The van der Waals surface area contributed by atoms with Crippen LogP contribution in [0.2, 0.25) is 5.02 Å². The van der Waals surface area contributed by atoms with E-state index in [0.717, 1.165) is 5.56 Å². The molecule has 0 radical (unpaired) electrons. The molecular formula is C16H15ClN2O3S. The van der Waals surface area contributed by atoms with Crippen LogP contribution in [0.15, 0.2) is 47.4 Å². The summed E-state index contributed by atoms with van der Waals surface area (Å²) in [4.78, 5) is 11.7. The van der Waals surface area contributed by atoms with Gasteiger partial charge in [0.15, 0.2) is 0 Å². The molecule has 5 nitrogen and oxygen atoms in total. The Morgan fingerprint density at radius 2 is 1.96 bits per heavy atom. The lowest BCUT2D eigenvalue weighted by Gasteiger charge is -2.20. The fraction of sp³-hybridized carbons (Fsp3) is 0.188. The van der Waals surface area contributed by atoms with Gasteiger partial charge in [0, 0.05) is 19.2 Å². The maximum Gasteiger partial charge on any atom is 0.265 e. The number of para-hydroxylation sites is 1. The average molecular weight is 351 g/mol. The normalized spacial score (nSPS) is 13.7. The molecule has 1 amide bonds. The number of halogens is 1. The Hall–Kier alpha value is -2.05. The fourth-order valence-corrected chi connectivity index (χ4v) is 4.67. The Labute approximate surface area is 139 Å². The molecule has 1 aliphatic heterocycles. The van der Waals surface area contributed by atoms with Gasteiger partial charge >= 0.3 is 0 Å². The highest BCUT2D eigenvalue weighted by molar-refractivity contribution is 7.93. The van der Waals surface area contributed by atoms with Gasteiger partial charge in [-0.05, 0) is 36.2 Å². The third kappa shape index (κ3) is 2.68. The summed E-state index contributed by atoms with van der Waals surface area (Å²) in [6.07, 6.45) is 0.655. The number of hydrogen-bond donors (Lipinski definition) is 1. The number of anilines is 1. The van der Waals surface area contributed by atoms with Gasteiger partial charge in [-0.1, -0.05) is 29.8 Å². The first-order valence-electron chi connectivity index (χ1n) is 7.07. The van der Waals surface area contributed by atoms with Gasteiger partial charge < -0.3 is 5.32 Å². The molecule has 0 fully saturated rings. The third-order valence-corrected chi connectivity index (χ3v) is 6.13. The van der Waals surface area contributed by atoms with E-state index in [2.05, 4.69) is 5.32 Å². The SMILES string of the molecule is CNC(=O)c1ccc(Cl)c(S(=O)(=O)N2CCc3ccccc32)c1. The van der Waals surface area contributed by atoms with Gasteiger partial charge in [-0.25, -0.2) is 8.42 Å². The van der Waals surface area contributed by atoms with Crippen molar-refractivity contribution in [2.75, 3.05) is 17.9 Å². The Kier molecular flexibility index (Phi) is 4.04. The van der Waals surface area contributed by atoms with Crippen molar-refractivity contribution in [1.29, 1.82) is 0 Å². The van der Waals surface area contributed by atoms with Crippen LogP contribution < -0.4 is 9.62 Å². The zero-order valence-corrected chi connectivity index (χ0v) is 14.0. The van der Waals surface area contributed by atoms with Crippen molar-refractivity contribution in [3.05, 3.63) is 58.6 Å². The van der Waals surface area contributed by atoms with E-state index in [9.17, 15) is 13.2 Å². The summed E-state index contributed by atoms with van der Waals surface area (Å²) >= 11 is 6.10. The van der Waals surface area contributed by atoms with E-state index in [1.165, 1.54) is 29.6 Å². The number of carbonyl (C=O) groups is 1. The number of benzene rings is 2. The summed E-state index contributed by atoms with van der Waals surface area (Å²) in [5.41, 5.74) is 1.89. The Balaban J connectivity index is 2.09. The summed E-state index contributed by atoms with van der Waals surface area (Å²) in [5.74, 6) is -0.361. The second-order valence-electron chi connectivity index (χ2n) is 5.18. The van der Waals surface area contributed by atoms with E-state index < -0.39 is 10.0 Å². The molecule has 0 aliphatic carbocycles. The molecule has 1 heterocycles. The van der Waals surface area contributed by atoms with Gasteiger partial charge in [-0.2, -0.15) is 0 Å². The lowest BCUT2D eigenvalue weighted by Crippen LogP contribution is -2.29. The second kappa shape index (κ2) is 5.86. The van der Waals surface area contributed by atoms with E-state index in [4.69, 9.17) is 11.6 Å². The third-order valence-electron chi connectivity index (χ3n) is 3.83. The molecule has 0 atom stereocenters. The number of sulfonamides is 1. The molecule has 2 aromatic carbocycles. The molecule has 0 saturated carbocycles. The standard InChI is InChI=1S/C16H15ClN2O3S/c1-18-16(20)12-6-7-13(17)15(10-12)23(21,22)19-9-8-11-4-2-3-5-14(11)19/h2-7,10H,8-9H2,1H3,(H,18,20). The Morgan fingerprint density at radius 1 is 1.22 bits per heavy atom. The number of fused-ring (bicyclic) bond motifs is 1. The molecule has 7 heteroatoms. The van der Waals surface area contributed by atoms with Crippen LogP contribution in [0.1, 0.15) is 15.9 Å². The quantitative estimate of drug-likeness (QED) is 0.924. The first-order valence-corrected chi connectivity index (χ1v) is 8.89. The highest BCUT2D eigenvalue weighted by Crippen LogP contribution is 2.35. The number of amides is 1.